The largest absolute Gasteiger partial charge is 0.392 e. The molecule has 3 rings (SSSR count). The van der Waals surface area contributed by atoms with Crippen LogP contribution in [0.2, 0.25) is 0 Å². The average molecular weight is 295 g/mol. The molecule has 3 nitrogen and oxygen atoms in total. The molecule has 3 aromatic rings. The van der Waals surface area contributed by atoms with E-state index < -0.39 is 0 Å². The van der Waals surface area contributed by atoms with Crippen molar-refractivity contribution in [2.75, 3.05) is 6.61 Å². The third-order valence-corrected chi connectivity index (χ3v) is 4.29. The molecule has 0 aliphatic rings. The minimum Gasteiger partial charge on any atom is -0.392 e. The van der Waals surface area contributed by atoms with Crippen LogP contribution in [0.25, 0.3) is 11.0 Å². The highest BCUT2D eigenvalue weighted by molar-refractivity contribution is 5.71. The van der Waals surface area contributed by atoms with Crippen LogP contribution in [0, 0.1) is 20.8 Å². The molecule has 0 atom stereocenters. The molecule has 114 valence electrons. The average Bonchev–Trinajstić information content (AvgIpc) is 2.82. The molecule has 2 aromatic carbocycles. The van der Waals surface area contributed by atoms with Gasteiger partial charge in [0.25, 0.3) is 0 Å². The highest BCUT2D eigenvalue weighted by Crippen LogP contribution is 2.18. The highest BCUT2D eigenvalue weighted by atomic mass is 16.3. The maximum atomic E-state index is 9.27. The Morgan fingerprint density at radius 1 is 1.05 bits per heavy atom. The number of para-hydroxylation sites is 2. The zero-order chi connectivity index (χ0) is 15.7. The number of benzene rings is 2. The maximum absolute atomic E-state index is 9.27. The van der Waals surface area contributed by atoms with Crippen molar-refractivity contribution < 1.29 is 9.67 Å². The molecule has 22 heavy (non-hydrogen) atoms. The number of imidazole rings is 1. The Morgan fingerprint density at radius 3 is 2.41 bits per heavy atom. The SMILES string of the molecule is Cc1cc(C)c(C[n+]2cn(CCO)c3ccccc32)c(C)c1. The zero-order valence-electron chi connectivity index (χ0n) is 13.5. The normalized spacial score (nSPS) is 11.3. The van der Waals surface area contributed by atoms with Crippen molar-refractivity contribution in [3.8, 4) is 0 Å². The Hall–Kier alpha value is -2.13. The molecule has 0 spiro atoms. The van der Waals surface area contributed by atoms with Gasteiger partial charge in [-0.25, -0.2) is 9.13 Å². The molecule has 0 radical (unpaired) electrons. The molecule has 0 aliphatic carbocycles. The van der Waals surface area contributed by atoms with E-state index in [1.54, 1.807) is 0 Å². The molecule has 0 saturated heterocycles. The van der Waals surface area contributed by atoms with Crippen LogP contribution in [0.5, 0.6) is 0 Å². The number of rotatable bonds is 4. The van der Waals surface area contributed by atoms with Gasteiger partial charge in [0.15, 0.2) is 11.0 Å². The third-order valence-electron chi connectivity index (χ3n) is 4.29. The van der Waals surface area contributed by atoms with E-state index in [2.05, 4.69) is 66.6 Å². The molecule has 1 aromatic heterocycles. The molecule has 1 N–H and O–H groups in total. The molecule has 3 heteroatoms. The summed E-state index contributed by atoms with van der Waals surface area (Å²) in [4.78, 5) is 0. The highest BCUT2D eigenvalue weighted by Gasteiger charge is 2.16. The monoisotopic (exact) mass is 295 g/mol. The molecule has 0 fully saturated rings. The quantitative estimate of drug-likeness (QED) is 0.737. The first kappa shape index (κ1) is 14.8. The van der Waals surface area contributed by atoms with Crippen molar-refractivity contribution >= 4 is 11.0 Å². The summed E-state index contributed by atoms with van der Waals surface area (Å²) in [5.41, 5.74) is 7.73. The predicted octanol–water partition coefficient (Wildman–Crippen LogP) is 2.89. The summed E-state index contributed by atoms with van der Waals surface area (Å²) >= 11 is 0. The minimum absolute atomic E-state index is 0.154. The number of hydrogen-bond acceptors (Lipinski definition) is 1. The fourth-order valence-electron chi connectivity index (χ4n) is 3.28. The van der Waals surface area contributed by atoms with E-state index in [1.807, 2.05) is 6.07 Å². The summed E-state index contributed by atoms with van der Waals surface area (Å²) in [5, 5.41) is 9.27. The van der Waals surface area contributed by atoms with Crippen molar-refractivity contribution in [1.29, 1.82) is 0 Å². The smallest absolute Gasteiger partial charge is 0.245 e. The predicted molar refractivity (Wildman–Crippen MR) is 89.0 cm³/mol. The van der Waals surface area contributed by atoms with Crippen molar-refractivity contribution in [1.82, 2.24) is 4.57 Å². The molecule has 0 aliphatic heterocycles. The van der Waals surface area contributed by atoms with Gasteiger partial charge in [-0.15, -0.1) is 0 Å². The topological polar surface area (TPSA) is 29.0 Å². The summed E-state index contributed by atoms with van der Waals surface area (Å²) in [6.45, 7) is 8.15. The summed E-state index contributed by atoms with van der Waals surface area (Å²) in [5.74, 6) is 0. The lowest BCUT2D eigenvalue weighted by molar-refractivity contribution is -0.663. The lowest BCUT2D eigenvalue weighted by Crippen LogP contribution is -2.33. The minimum atomic E-state index is 0.154. The standard InChI is InChI=1S/C19H23N2O/c1-14-10-15(2)17(16(3)11-14)12-21-13-20(8-9-22)18-6-4-5-7-19(18)21/h4-7,10-11,13,22H,8-9,12H2,1-3H3/q+1. The molecular formula is C19H23N2O+. The van der Waals surface area contributed by atoms with Crippen molar-refractivity contribution in [3.63, 3.8) is 0 Å². The molecule has 0 amide bonds. The number of fused-ring (bicyclic) bond motifs is 1. The van der Waals surface area contributed by atoms with Crippen LogP contribution in [0.1, 0.15) is 22.3 Å². The number of aliphatic hydroxyl groups excluding tert-OH is 1. The number of nitrogens with zero attached hydrogens (tertiary/aromatic N) is 2. The second kappa shape index (κ2) is 5.93. The zero-order valence-corrected chi connectivity index (χ0v) is 13.5. The van der Waals surface area contributed by atoms with Gasteiger partial charge < -0.3 is 5.11 Å². The van der Waals surface area contributed by atoms with Gasteiger partial charge in [-0.05, 0) is 49.6 Å². The second-order valence-corrected chi connectivity index (χ2v) is 6.03. The molecule has 0 saturated carbocycles. The fraction of sp³-hybridized carbons (Fsp3) is 0.316. The number of aliphatic hydroxyl groups is 1. The van der Waals surface area contributed by atoms with Gasteiger partial charge >= 0.3 is 0 Å². The van der Waals surface area contributed by atoms with Crippen LogP contribution < -0.4 is 4.57 Å². The van der Waals surface area contributed by atoms with E-state index in [-0.39, 0.29) is 6.61 Å². The maximum Gasteiger partial charge on any atom is 0.245 e. The number of aromatic nitrogens is 2. The first-order valence-corrected chi connectivity index (χ1v) is 7.75. The third kappa shape index (κ3) is 2.64. The van der Waals surface area contributed by atoms with Crippen LogP contribution in [-0.2, 0) is 13.1 Å². The van der Waals surface area contributed by atoms with E-state index in [9.17, 15) is 5.11 Å². The van der Waals surface area contributed by atoms with E-state index in [4.69, 9.17) is 0 Å². The summed E-state index contributed by atoms with van der Waals surface area (Å²) in [7, 11) is 0. The first-order valence-electron chi connectivity index (χ1n) is 7.75. The van der Waals surface area contributed by atoms with Gasteiger partial charge in [0, 0.05) is 0 Å². The van der Waals surface area contributed by atoms with Crippen molar-refractivity contribution in [3.05, 3.63) is 65.0 Å². The van der Waals surface area contributed by atoms with Crippen LogP contribution in [0.15, 0.2) is 42.7 Å². The van der Waals surface area contributed by atoms with Crippen LogP contribution in [0.4, 0.5) is 0 Å². The van der Waals surface area contributed by atoms with E-state index in [1.165, 1.54) is 33.3 Å². The summed E-state index contributed by atoms with van der Waals surface area (Å²) in [6.07, 6.45) is 2.11. The molecule has 0 bridgehead atoms. The Morgan fingerprint density at radius 2 is 1.73 bits per heavy atom. The summed E-state index contributed by atoms with van der Waals surface area (Å²) in [6, 6.07) is 12.9. The van der Waals surface area contributed by atoms with Gasteiger partial charge in [0.1, 0.15) is 13.1 Å². The fourth-order valence-corrected chi connectivity index (χ4v) is 3.28. The van der Waals surface area contributed by atoms with Gasteiger partial charge in [-0.2, -0.15) is 0 Å². The van der Waals surface area contributed by atoms with Gasteiger partial charge in [-0.3, -0.25) is 0 Å². The molecule has 0 unspecified atom stereocenters. The number of hydrogen-bond donors (Lipinski definition) is 1. The van der Waals surface area contributed by atoms with Gasteiger partial charge in [0.2, 0.25) is 6.33 Å². The van der Waals surface area contributed by atoms with Crippen LogP contribution in [0.3, 0.4) is 0 Å². The lowest BCUT2D eigenvalue weighted by atomic mass is 10.00. The Balaban J connectivity index is 2.08. The van der Waals surface area contributed by atoms with Gasteiger partial charge in [-0.1, -0.05) is 29.8 Å². The Labute approximate surface area is 131 Å². The first-order chi connectivity index (χ1) is 10.6. The van der Waals surface area contributed by atoms with E-state index >= 15 is 0 Å². The van der Waals surface area contributed by atoms with E-state index in [0.29, 0.717) is 6.54 Å². The van der Waals surface area contributed by atoms with Crippen molar-refractivity contribution in [2.45, 2.75) is 33.9 Å². The van der Waals surface area contributed by atoms with Crippen molar-refractivity contribution in [2.24, 2.45) is 0 Å². The van der Waals surface area contributed by atoms with Crippen LogP contribution >= 0.6 is 0 Å². The van der Waals surface area contributed by atoms with E-state index in [0.717, 1.165) is 6.54 Å². The Kier molecular flexibility index (Phi) is 3.99. The van der Waals surface area contributed by atoms with Gasteiger partial charge in [0.05, 0.1) is 6.61 Å². The molecule has 1 heterocycles. The summed E-state index contributed by atoms with van der Waals surface area (Å²) < 4.78 is 4.39. The van der Waals surface area contributed by atoms with Crippen LogP contribution in [-0.4, -0.2) is 16.3 Å². The second-order valence-electron chi connectivity index (χ2n) is 6.03. The Bertz CT molecular complexity index is 794. The number of aryl methyl sites for hydroxylation is 3. The molecular weight excluding hydrogens is 272 g/mol. The lowest BCUT2D eigenvalue weighted by Gasteiger charge is -2.09.